The first-order valence-electron chi connectivity index (χ1n) is 7.94. The van der Waals surface area contributed by atoms with Gasteiger partial charge in [-0.3, -0.25) is 4.90 Å². The van der Waals surface area contributed by atoms with E-state index in [1.54, 1.807) is 6.08 Å². The van der Waals surface area contributed by atoms with Crippen molar-refractivity contribution in [2.75, 3.05) is 20.4 Å². The Kier molecular flexibility index (Phi) is 2.69. The number of rotatable bonds is 1. The van der Waals surface area contributed by atoms with E-state index < -0.39 is 11.9 Å². The van der Waals surface area contributed by atoms with Crippen LogP contribution >= 0.6 is 0 Å². The lowest BCUT2D eigenvalue weighted by Crippen LogP contribution is -2.49. The quantitative estimate of drug-likeness (QED) is 0.587. The fourth-order valence-electron chi connectivity index (χ4n) is 4.43. The Labute approximate surface area is 133 Å². The van der Waals surface area contributed by atoms with Crippen LogP contribution in [0.25, 0.3) is 0 Å². The van der Waals surface area contributed by atoms with E-state index in [2.05, 4.69) is 17.0 Å². The largest absolute Gasteiger partial charge is 0.454 e. The van der Waals surface area contributed by atoms with Crippen LogP contribution in [0.4, 0.5) is 0 Å². The summed E-state index contributed by atoms with van der Waals surface area (Å²) in [5.74, 6) is 0.198. The molecule has 1 aromatic rings. The van der Waals surface area contributed by atoms with Gasteiger partial charge in [0.25, 0.3) is 0 Å². The topological polar surface area (TPSA) is 71.4 Å². The average Bonchev–Trinajstić information content (AvgIpc) is 3.10. The molecule has 1 fully saturated rings. The molecule has 5 atom stereocenters. The van der Waals surface area contributed by atoms with Gasteiger partial charge in [-0.2, -0.15) is 0 Å². The number of fused-ring (bicyclic) bond motifs is 8. The Bertz CT molecular complexity index is 717. The predicted octanol–water partition coefficient (Wildman–Crippen LogP) is 0.723. The Morgan fingerprint density at radius 2 is 2.09 bits per heavy atom. The second-order valence-corrected chi connectivity index (χ2v) is 6.75. The zero-order valence-corrected chi connectivity index (χ0v) is 12.9. The highest BCUT2D eigenvalue weighted by molar-refractivity contribution is 5.54. The van der Waals surface area contributed by atoms with Gasteiger partial charge in [-0.05, 0) is 41.3 Å². The number of benzene rings is 1. The number of methoxy groups -OCH3 is 1. The lowest BCUT2D eigenvalue weighted by atomic mass is 9.81. The summed E-state index contributed by atoms with van der Waals surface area (Å²) in [6, 6.07) is 4.28. The highest BCUT2D eigenvalue weighted by atomic mass is 16.7. The van der Waals surface area contributed by atoms with Gasteiger partial charge in [0.15, 0.2) is 11.5 Å². The third kappa shape index (κ3) is 1.77. The van der Waals surface area contributed by atoms with Crippen LogP contribution in [0, 0.1) is 0 Å². The summed E-state index contributed by atoms with van der Waals surface area (Å²) in [7, 11) is 1.42. The van der Waals surface area contributed by atoms with E-state index in [9.17, 15) is 10.2 Å². The molecule has 6 heteroatoms. The Balaban J connectivity index is 1.63. The highest BCUT2D eigenvalue weighted by Gasteiger charge is 2.50. The van der Waals surface area contributed by atoms with Gasteiger partial charge < -0.3 is 24.4 Å². The first-order chi connectivity index (χ1) is 11.1. The normalized spacial score (nSPS) is 39.7. The molecular formula is C17H19NO5. The second-order valence-electron chi connectivity index (χ2n) is 6.75. The molecule has 0 saturated carbocycles. The molecule has 0 radical (unpaired) electrons. The standard InChI is InChI=1S/C17H19NO5/c1-21-17(20)5-11-12-7-18(13(11)4-16(17)19)6-9-2-14-15(3-10(9)12)23-8-22-14/h2-3,5,12-13,16,19-20H,4,6-8H2,1H3/t12-,13-,16-,17+/m0/s1. The van der Waals surface area contributed by atoms with E-state index in [4.69, 9.17) is 14.2 Å². The van der Waals surface area contributed by atoms with Crippen molar-refractivity contribution in [2.24, 2.45) is 0 Å². The molecule has 122 valence electrons. The van der Waals surface area contributed by atoms with Gasteiger partial charge in [0, 0.05) is 32.2 Å². The van der Waals surface area contributed by atoms with Crippen molar-refractivity contribution in [2.45, 2.75) is 36.8 Å². The van der Waals surface area contributed by atoms with Crippen LogP contribution in [0.3, 0.4) is 0 Å². The molecule has 1 aromatic carbocycles. The van der Waals surface area contributed by atoms with Crippen molar-refractivity contribution in [1.82, 2.24) is 4.90 Å². The van der Waals surface area contributed by atoms with Crippen molar-refractivity contribution in [3.05, 3.63) is 34.9 Å². The summed E-state index contributed by atoms with van der Waals surface area (Å²) in [5, 5.41) is 20.8. The molecule has 2 bridgehead atoms. The van der Waals surface area contributed by atoms with Crippen molar-refractivity contribution >= 4 is 0 Å². The molecular weight excluding hydrogens is 298 g/mol. The van der Waals surface area contributed by atoms with E-state index in [1.807, 2.05) is 0 Å². The Hall–Kier alpha value is -1.60. The third-order valence-corrected chi connectivity index (χ3v) is 5.65. The fourth-order valence-corrected chi connectivity index (χ4v) is 4.43. The molecule has 0 unspecified atom stereocenters. The van der Waals surface area contributed by atoms with Crippen LogP contribution in [-0.4, -0.2) is 53.5 Å². The molecule has 0 amide bonds. The van der Waals surface area contributed by atoms with Gasteiger partial charge in [0.1, 0.15) is 6.10 Å². The molecule has 1 aliphatic carbocycles. The molecule has 3 aliphatic heterocycles. The van der Waals surface area contributed by atoms with Crippen molar-refractivity contribution < 1.29 is 24.4 Å². The van der Waals surface area contributed by atoms with Crippen molar-refractivity contribution in [3.8, 4) is 11.5 Å². The van der Waals surface area contributed by atoms with E-state index in [1.165, 1.54) is 18.2 Å². The van der Waals surface area contributed by atoms with Crippen LogP contribution in [-0.2, 0) is 11.3 Å². The van der Waals surface area contributed by atoms with Crippen LogP contribution in [0.1, 0.15) is 23.5 Å². The van der Waals surface area contributed by atoms with Gasteiger partial charge >= 0.3 is 0 Å². The summed E-state index contributed by atoms with van der Waals surface area (Å²) in [6.45, 7) is 1.99. The summed E-state index contributed by atoms with van der Waals surface area (Å²) in [4.78, 5) is 2.36. The molecule has 6 nitrogen and oxygen atoms in total. The van der Waals surface area contributed by atoms with Gasteiger partial charge in [-0.1, -0.05) is 0 Å². The highest BCUT2D eigenvalue weighted by Crippen LogP contribution is 2.50. The molecule has 5 rings (SSSR count). The Morgan fingerprint density at radius 1 is 1.30 bits per heavy atom. The van der Waals surface area contributed by atoms with Crippen molar-refractivity contribution in [3.63, 3.8) is 0 Å². The van der Waals surface area contributed by atoms with Crippen LogP contribution in [0.5, 0.6) is 11.5 Å². The fraction of sp³-hybridized carbons (Fsp3) is 0.529. The maximum atomic E-state index is 10.5. The number of aliphatic hydroxyl groups is 2. The number of nitrogens with zero attached hydrogens (tertiary/aromatic N) is 1. The SMILES string of the molecule is CO[C@]1(O)C=C2[C@H]3C[N@](Cc4cc5c(cc43)OCO5)[C@H]2C[C@@H]1O. The number of hydrogen-bond acceptors (Lipinski definition) is 6. The minimum Gasteiger partial charge on any atom is -0.454 e. The van der Waals surface area contributed by atoms with E-state index in [0.29, 0.717) is 6.42 Å². The summed E-state index contributed by atoms with van der Waals surface area (Å²) < 4.78 is 16.2. The van der Waals surface area contributed by atoms with Crippen LogP contribution in [0.2, 0.25) is 0 Å². The molecule has 3 heterocycles. The van der Waals surface area contributed by atoms with E-state index >= 15 is 0 Å². The second kappa shape index (κ2) is 4.48. The summed E-state index contributed by atoms with van der Waals surface area (Å²) in [5.41, 5.74) is 3.60. The van der Waals surface area contributed by atoms with Crippen LogP contribution in [0.15, 0.2) is 23.8 Å². The van der Waals surface area contributed by atoms with Gasteiger partial charge in [0.2, 0.25) is 12.6 Å². The van der Waals surface area contributed by atoms with Gasteiger partial charge in [0.05, 0.1) is 0 Å². The minimum atomic E-state index is -1.60. The molecule has 0 aromatic heterocycles. The molecule has 0 spiro atoms. The predicted molar refractivity (Wildman–Crippen MR) is 80.2 cm³/mol. The smallest absolute Gasteiger partial charge is 0.231 e. The number of ether oxygens (including phenoxy) is 3. The molecule has 23 heavy (non-hydrogen) atoms. The molecule has 1 saturated heterocycles. The lowest BCUT2D eigenvalue weighted by molar-refractivity contribution is -0.216. The van der Waals surface area contributed by atoms with Gasteiger partial charge in [-0.15, -0.1) is 0 Å². The average molecular weight is 317 g/mol. The van der Waals surface area contributed by atoms with E-state index in [0.717, 1.165) is 30.2 Å². The summed E-state index contributed by atoms with van der Waals surface area (Å²) >= 11 is 0. The zero-order chi connectivity index (χ0) is 15.8. The number of aliphatic hydroxyl groups excluding tert-OH is 1. The molecule has 4 aliphatic rings. The minimum absolute atomic E-state index is 0.148. The summed E-state index contributed by atoms with van der Waals surface area (Å²) in [6.07, 6.45) is 1.28. The van der Waals surface area contributed by atoms with Gasteiger partial charge in [-0.25, -0.2) is 0 Å². The lowest BCUT2D eigenvalue weighted by Gasteiger charge is -2.37. The zero-order valence-electron chi connectivity index (χ0n) is 12.9. The third-order valence-electron chi connectivity index (χ3n) is 5.65. The first kappa shape index (κ1) is 13.8. The Morgan fingerprint density at radius 3 is 2.87 bits per heavy atom. The van der Waals surface area contributed by atoms with Crippen LogP contribution < -0.4 is 9.47 Å². The number of hydrogen-bond donors (Lipinski definition) is 2. The van der Waals surface area contributed by atoms with Crippen molar-refractivity contribution in [1.29, 1.82) is 0 Å². The monoisotopic (exact) mass is 317 g/mol. The maximum absolute atomic E-state index is 10.5. The van der Waals surface area contributed by atoms with E-state index in [-0.39, 0.29) is 18.8 Å². The molecule has 2 N–H and O–H groups in total. The first-order valence-corrected chi connectivity index (χ1v) is 7.94. The maximum Gasteiger partial charge on any atom is 0.231 e.